The van der Waals surface area contributed by atoms with E-state index in [9.17, 15) is 0 Å². The smallest absolute Gasteiger partial charge is 0.127 e. The first kappa shape index (κ1) is 7.31. The van der Waals surface area contributed by atoms with E-state index in [-0.39, 0.29) is 0 Å². The van der Waals surface area contributed by atoms with E-state index in [2.05, 4.69) is 10.2 Å². The number of hydrogen-bond donors (Lipinski definition) is 2. The molecule has 0 atom stereocenters. The predicted molar refractivity (Wildman–Crippen MR) is 51.4 cm³/mol. The lowest BCUT2D eigenvalue weighted by Gasteiger charge is -1.93. The van der Waals surface area contributed by atoms with Crippen LogP contribution in [0.4, 0.5) is 0 Å². The zero-order chi connectivity index (χ0) is 8.39. The Hall–Kier alpha value is -1.35. The van der Waals surface area contributed by atoms with E-state index in [1.54, 1.807) is 0 Å². The summed E-state index contributed by atoms with van der Waals surface area (Å²) in [4.78, 5) is 0. The Kier molecular flexibility index (Phi) is 1.80. The van der Waals surface area contributed by atoms with Crippen LogP contribution in [0.15, 0.2) is 36.5 Å². The summed E-state index contributed by atoms with van der Waals surface area (Å²) in [6.07, 6.45) is 1.87. The summed E-state index contributed by atoms with van der Waals surface area (Å²) in [6.45, 7) is 0. The van der Waals surface area contributed by atoms with Crippen molar-refractivity contribution in [1.29, 1.82) is 0 Å². The second kappa shape index (κ2) is 2.95. The van der Waals surface area contributed by atoms with Gasteiger partial charge in [-0.3, -0.25) is 5.10 Å². The molecule has 2 nitrogen and oxygen atoms in total. The topological polar surface area (TPSA) is 31.6 Å². The van der Waals surface area contributed by atoms with Crippen LogP contribution in [-0.4, -0.2) is 10.2 Å². The van der Waals surface area contributed by atoms with E-state index in [1.165, 1.54) is 0 Å². The fourth-order valence-electron chi connectivity index (χ4n) is 1.14. The van der Waals surface area contributed by atoms with Gasteiger partial charge in [-0.25, -0.2) is 0 Å². The molecule has 0 aliphatic heterocycles. The first-order valence-corrected chi connectivity index (χ1v) is 4.10. The molecular formula is C9H8N2S. The van der Waals surface area contributed by atoms with Crippen molar-refractivity contribution in [1.82, 2.24) is 10.2 Å². The van der Waals surface area contributed by atoms with Crippen LogP contribution < -0.4 is 0 Å². The zero-order valence-electron chi connectivity index (χ0n) is 6.37. The molecule has 0 unspecified atom stereocenters. The van der Waals surface area contributed by atoms with Crippen LogP contribution in [0.2, 0.25) is 0 Å². The molecule has 2 aromatic rings. The molecule has 0 saturated heterocycles. The van der Waals surface area contributed by atoms with Crippen LogP contribution in [0, 0.1) is 4.64 Å². The van der Waals surface area contributed by atoms with Crippen LogP contribution in [0.1, 0.15) is 0 Å². The summed E-state index contributed by atoms with van der Waals surface area (Å²) in [7, 11) is 0. The molecule has 0 fully saturated rings. The van der Waals surface area contributed by atoms with Gasteiger partial charge in [-0.05, 0) is 5.56 Å². The predicted octanol–water partition coefficient (Wildman–Crippen LogP) is 2.74. The third-order valence-electron chi connectivity index (χ3n) is 1.73. The number of hydrogen-bond acceptors (Lipinski definition) is 1. The molecule has 2 rings (SSSR count). The van der Waals surface area contributed by atoms with Crippen LogP contribution in [0.25, 0.3) is 11.1 Å². The fraction of sp³-hybridized carbons (Fsp3) is 0. The first-order valence-electron chi connectivity index (χ1n) is 3.69. The van der Waals surface area contributed by atoms with E-state index < -0.39 is 0 Å². The van der Waals surface area contributed by atoms with Gasteiger partial charge in [0.2, 0.25) is 0 Å². The average molecular weight is 176 g/mol. The molecule has 0 radical (unpaired) electrons. The van der Waals surface area contributed by atoms with Gasteiger partial charge in [0, 0.05) is 11.8 Å². The largest absolute Gasteiger partial charge is 0.307 e. The Labute approximate surface area is 75.2 Å². The molecule has 2 N–H and O–H groups in total. The highest BCUT2D eigenvalue weighted by molar-refractivity contribution is 7.71. The highest BCUT2D eigenvalue weighted by Gasteiger charge is 1.97. The summed E-state index contributed by atoms with van der Waals surface area (Å²) in [6, 6.07) is 10.1. The molecule has 0 spiro atoms. The van der Waals surface area contributed by atoms with Gasteiger partial charge in [-0.1, -0.05) is 42.5 Å². The van der Waals surface area contributed by atoms with Gasteiger partial charge < -0.3 is 5.10 Å². The Morgan fingerprint density at radius 1 is 1.08 bits per heavy atom. The van der Waals surface area contributed by atoms with Crippen LogP contribution in [0.3, 0.4) is 0 Å². The van der Waals surface area contributed by atoms with Crippen molar-refractivity contribution in [2.45, 2.75) is 0 Å². The summed E-state index contributed by atoms with van der Waals surface area (Å²) < 4.78 is 0.751. The van der Waals surface area contributed by atoms with Gasteiger partial charge in [0.1, 0.15) is 4.64 Å². The Morgan fingerprint density at radius 3 is 2.42 bits per heavy atom. The number of H-pyrrole nitrogens is 2. The van der Waals surface area contributed by atoms with Crippen molar-refractivity contribution in [2.75, 3.05) is 0 Å². The minimum absolute atomic E-state index is 0.751. The van der Waals surface area contributed by atoms with E-state index in [4.69, 9.17) is 12.2 Å². The van der Waals surface area contributed by atoms with Crippen molar-refractivity contribution in [3.8, 4) is 11.1 Å². The molecule has 0 saturated carbocycles. The van der Waals surface area contributed by atoms with Crippen LogP contribution in [-0.2, 0) is 0 Å². The normalized spacial score (nSPS) is 10.0. The van der Waals surface area contributed by atoms with Gasteiger partial charge in [0.25, 0.3) is 0 Å². The van der Waals surface area contributed by atoms with E-state index >= 15 is 0 Å². The Bertz CT molecular complexity index is 413. The highest BCUT2D eigenvalue weighted by atomic mass is 32.1. The average Bonchev–Trinajstić information content (AvgIpc) is 2.53. The SMILES string of the molecule is S=c1[nH][nH]cc1-c1ccccc1. The molecule has 1 aromatic carbocycles. The lowest BCUT2D eigenvalue weighted by molar-refractivity contribution is 1.08. The summed E-state index contributed by atoms with van der Waals surface area (Å²) in [5.41, 5.74) is 2.19. The molecule has 0 bridgehead atoms. The number of nitrogens with one attached hydrogen (secondary N) is 2. The van der Waals surface area contributed by atoms with Crippen LogP contribution >= 0.6 is 12.2 Å². The lowest BCUT2D eigenvalue weighted by Crippen LogP contribution is -1.72. The van der Waals surface area contributed by atoms with Crippen molar-refractivity contribution >= 4 is 12.2 Å². The van der Waals surface area contributed by atoms with Crippen molar-refractivity contribution in [3.05, 3.63) is 41.2 Å². The number of aromatic nitrogens is 2. The molecule has 60 valence electrons. The van der Waals surface area contributed by atoms with E-state index in [0.29, 0.717) is 0 Å². The van der Waals surface area contributed by atoms with E-state index in [0.717, 1.165) is 15.8 Å². The van der Waals surface area contributed by atoms with Gasteiger partial charge in [-0.15, -0.1) is 0 Å². The zero-order valence-corrected chi connectivity index (χ0v) is 7.19. The fourth-order valence-corrected chi connectivity index (χ4v) is 1.37. The molecule has 3 heteroatoms. The maximum absolute atomic E-state index is 5.08. The molecule has 12 heavy (non-hydrogen) atoms. The molecular weight excluding hydrogens is 168 g/mol. The third-order valence-corrected chi connectivity index (χ3v) is 2.05. The van der Waals surface area contributed by atoms with Crippen molar-refractivity contribution in [2.24, 2.45) is 0 Å². The lowest BCUT2D eigenvalue weighted by atomic mass is 10.1. The van der Waals surface area contributed by atoms with Crippen molar-refractivity contribution < 1.29 is 0 Å². The quantitative estimate of drug-likeness (QED) is 0.643. The standard InChI is InChI=1S/C9H8N2S/c12-9-8(6-10-11-9)7-4-2-1-3-5-7/h1-6H,(H2,10,11,12). The minimum Gasteiger partial charge on any atom is -0.307 e. The maximum atomic E-state index is 5.08. The number of benzene rings is 1. The molecule has 1 heterocycles. The summed E-state index contributed by atoms with van der Waals surface area (Å²) in [5.74, 6) is 0. The monoisotopic (exact) mass is 176 g/mol. The molecule has 0 amide bonds. The minimum atomic E-state index is 0.751. The van der Waals surface area contributed by atoms with Gasteiger partial charge in [0.05, 0.1) is 0 Å². The Morgan fingerprint density at radius 2 is 1.83 bits per heavy atom. The first-order chi connectivity index (χ1) is 5.88. The number of rotatable bonds is 1. The highest BCUT2D eigenvalue weighted by Crippen LogP contribution is 2.17. The Balaban J connectivity index is 2.59. The maximum Gasteiger partial charge on any atom is 0.127 e. The molecule has 0 aliphatic rings. The summed E-state index contributed by atoms with van der Waals surface area (Å²) >= 11 is 5.08. The number of aromatic amines is 2. The molecule has 0 aliphatic carbocycles. The van der Waals surface area contributed by atoms with Gasteiger partial charge >= 0.3 is 0 Å². The van der Waals surface area contributed by atoms with E-state index in [1.807, 2.05) is 36.5 Å². The van der Waals surface area contributed by atoms with Gasteiger partial charge in [0.15, 0.2) is 0 Å². The molecule has 1 aromatic heterocycles. The second-order valence-electron chi connectivity index (χ2n) is 2.52. The van der Waals surface area contributed by atoms with Crippen LogP contribution in [0.5, 0.6) is 0 Å². The van der Waals surface area contributed by atoms with Gasteiger partial charge in [-0.2, -0.15) is 0 Å². The van der Waals surface area contributed by atoms with Crippen molar-refractivity contribution in [3.63, 3.8) is 0 Å². The summed E-state index contributed by atoms with van der Waals surface area (Å²) in [5, 5.41) is 5.72. The third kappa shape index (κ3) is 1.19. The second-order valence-corrected chi connectivity index (χ2v) is 2.93.